The van der Waals surface area contributed by atoms with Gasteiger partial charge >= 0.3 is 0 Å². The van der Waals surface area contributed by atoms with Crippen molar-refractivity contribution < 1.29 is 9.32 Å². The first-order valence-corrected chi connectivity index (χ1v) is 6.35. The molecule has 0 aliphatic heterocycles. The average molecular weight is 253 g/mol. The summed E-state index contributed by atoms with van der Waals surface area (Å²) in [5.41, 5.74) is 0.355. The Morgan fingerprint density at radius 1 is 1.50 bits per heavy atom. The monoisotopic (exact) mass is 253 g/mol. The molecular weight excluding hydrogens is 230 g/mol. The minimum Gasteiger partial charge on any atom is -0.361 e. The molecule has 0 bridgehead atoms. The number of nitrogens with zero attached hydrogens (tertiary/aromatic N) is 2. The first-order valence-electron chi connectivity index (χ1n) is 6.35. The summed E-state index contributed by atoms with van der Waals surface area (Å²) >= 11 is 0. The topological polar surface area (TPSA) is 58.4 Å². The van der Waals surface area contributed by atoms with Crippen molar-refractivity contribution in [1.82, 2.24) is 15.4 Å². The molecule has 0 spiro atoms. The molecule has 0 aliphatic carbocycles. The van der Waals surface area contributed by atoms with Crippen LogP contribution in [0.5, 0.6) is 0 Å². The van der Waals surface area contributed by atoms with Crippen LogP contribution in [0.4, 0.5) is 0 Å². The van der Waals surface area contributed by atoms with Crippen molar-refractivity contribution in [3.8, 4) is 0 Å². The highest BCUT2D eigenvalue weighted by Gasteiger charge is 2.18. The molecule has 0 aromatic carbocycles. The lowest BCUT2D eigenvalue weighted by atomic mass is 10.0. The second-order valence-electron chi connectivity index (χ2n) is 5.02. The van der Waals surface area contributed by atoms with Gasteiger partial charge in [-0.1, -0.05) is 25.9 Å². The first-order chi connectivity index (χ1) is 8.45. The van der Waals surface area contributed by atoms with Gasteiger partial charge in [-0.15, -0.1) is 0 Å². The van der Waals surface area contributed by atoms with Crippen molar-refractivity contribution in [2.24, 2.45) is 5.92 Å². The predicted octanol–water partition coefficient (Wildman–Crippen LogP) is 1.55. The van der Waals surface area contributed by atoms with Gasteiger partial charge < -0.3 is 14.7 Å². The van der Waals surface area contributed by atoms with E-state index in [0.717, 1.165) is 12.2 Å². The summed E-state index contributed by atoms with van der Waals surface area (Å²) in [5, 5.41) is 6.65. The van der Waals surface area contributed by atoms with Gasteiger partial charge in [0.05, 0.1) is 0 Å². The largest absolute Gasteiger partial charge is 0.361 e. The van der Waals surface area contributed by atoms with Crippen molar-refractivity contribution in [2.45, 2.75) is 33.2 Å². The maximum Gasteiger partial charge on any atom is 0.273 e. The maximum atomic E-state index is 11.9. The van der Waals surface area contributed by atoms with Gasteiger partial charge in [-0.05, 0) is 20.0 Å². The summed E-state index contributed by atoms with van der Waals surface area (Å²) in [6.45, 7) is 6.85. The van der Waals surface area contributed by atoms with Crippen molar-refractivity contribution in [3.05, 3.63) is 17.5 Å². The summed E-state index contributed by atoms with van der Waals surface area (Å²) in [4.78, 5) is 14.0. The van der Waals surface area contributed by atoms with Gasteiger partial charge in [-0.2, -0.15) is 0 Å². The molecule has 0 saturated heterocycles. The van der Waals surface area contributed by atoms with E-state index in [2.05, 4.69) is 29.2 Å². The number of amides is 1. The Labute approximate surface area is 109 Å². The molecule has 1 amide bonds. The van der Waals surface area contributed by atoms with E-state index < -0.39 is 0 Å². The van der Waals surface area contributed by atoms with Crippen LogP contribution >= 0.6 is 0 Å². The predicted molar refractivity (Wildman–Crippen MR) is 70.5 cm³/mol. The molecule has 1 heterocycles. The lowest BCUT2D eigenvalue weighted by Gasteiger charge is -2.27. The van der Waals surface area contributed by atoms with Crippen molar-refractivity contribution in [1.29, 1.82) is 0 Å². The van der Waals surface area contributed by atoms with E-state index in [1.165, 1.54) is 0 Å². The SMILES string of the molecule is CCc1cc(C(=O)NCC(C(C)C)N(C)C)no1. The highest BCUT2D eigenvalue weighted by atomic mass is 16.5. The summed E-state index contributed by atoms with van der Waals surface area (Å²) in [7, 11) is 4.03. The summed E-state index contributed by atoms with van der Waals surface area (Å²) in [6, 6.07) is 2.00. The van der Waals surface area contributed by atoms with Crippen molar-refractivity contribution >= 4 is 5.91 Å². The van der Waals surface area contributed by atoms with E-state index in [0.29, 0.717) is 24.2 Å². The molecule has 102 valence electrons. The van der Waals surface area contributed by atoms with Crippen LogP contribution in [0.15, 0.2) is 10.6 Å². The number of aryl methyl sites for hydroxylation is 1. The molecule has 1 unspecified atom stereocenters. The van der Waals surface area contributed by atoms with E-state index in [4.69, 9.17) is 4.52 Å². The molecular formula is C13H23N3O2. The Hall–Kier alpha value is -1.36. The second-order valence-corrected chi connectivity index (χ2v) is 5.02. The molecule has 0 radical (unpaired) electrons. The third kappa shape index (κ3) is 3.84. The van der Waals surface area contributed by atoms with Crippen LogP contribution < -0.4 is 5.32 Å². The zero-order valence-corrected chi connectivity index (χ0v) is 11.9. The fraction of sp³-hybridized carbons (Fsp3) is 0.692. The number of hydrogen-bond acceptors (Lipinski definition) is 4. The lowest BCUT2D eigenvalue weighted by molar-refractivity contribution is 0.0925. The van der Waals surface area contributed by atoms with Crippen LogP contribution in [0.3, 0.4) is 0 Å². The van der Waals surface area contributed by atoms with Crippen LogP contribution in [0.1, 0.15) is 37.0 Å². The van der Waals surface area contributed by atoms with Crippen LogP contribution in [0.25, 0.3) is 0 Å². The molecule has 0 aliphatic rings. The van der Waals surface area contributed by atoms with Gasteiger partial charge in [-0.3, -0.25) is 4.79 Å². The number of carbonyl (C=O) groups is 1. The number of nitrogens with one attached hydrogen (secondary N) is 1. The molecule has 1 aromatic rings. The van der Waals surface area contributed by atoms with Crippen LogP contribution in [0.2, 0.25) is 0 Å². The fourth-order valence-electron chi connectivity index (χ4n) is 1.89. The number of rotatable bonds is 6. The Morgan fingerprint density at radius 2 is 2.17 bits per heavy atom. The molecule has 1 rings (SSSR count). The van der Waals surface area contributed by atoms with E-state index in [9.17, 15) is 4.79 Å². The average Bonchev–Trinajstić information content (AvgIpc) is 2.76. The van der Waals surface area contributed by atoms with E-state index in [1.54, 1.807) is 6.07 Å². The van der Waals surface area contributed by atoms with Gasteiger partial charge in [0.1, 0.15) is 5.76 Å². The van der Waals surface area contributed by atoms with Gasteiger partial charge in [0.25, 0.3) is 5.91 Å². The molecule has 1 N–H and O–H groups in total. The number of likely N-dealkylation sites (N-methyl/N-ethyl adjacent to an activating group) is 1. The first kappa shape index (κ1) is 14.7. The zero-order valence-electron chi connectivity index (χ0n) is 11.9. The molecule has 1 aromatic heterocycles. The molecule has 0 fully saturated rings. The molecule has 5 nitrogen and oxygen atoms in total. The van der Waals surface area contributed by atoms with Gasteiger partial charge in [0.2, 0.25) is 0 Å². The number of hydrogen-bond donors (Lipinski definition) is 1. The zero-order chi connectivity index (χ0) is 13.7. The standard InChI is InChI=1S/C13H23N3O2/c1-6-10-7-11(15-18-10)13(17)14-8-12(9(2)3)16(4)5/h7,9,12H,6,8H2,1-5H3,(H,14,17). The van der Waals surface area contributed by atoms with Crippen LogP contribution in [0, 0.1) is 5.92 Å². The van der Waals surface area contributed by atoms with Crippen LogP contribution in [-0.2, 0) is 6.42 Å². The van der Waals surface area contributed by atoms with E-state index in [1.807, 2.05) is 21.0 Å². The molecule has 5 heteroatoms. The Morgan fingerprint density at radius 3 is 2.61 bits per heavy atom. The summed E-state index contributed by atoms with van der Waals surface area (Å²) < 4.78 is 5.02. The third-order valence-electron chi connectivity index (χ3n) is 3.04. The smallest absolute Gasteiger partial charge is 0.273 e. The van der Waals surface area contributed by atoms with Crippen LogP contribution in [-0.4, -0.2) is 42.6 Å². The Balaban J connectivity index is 2.54. The third-order valence-corrected chi connectivity index (χ3v) is 3.04. The number of aromatic nitrogens is 1. The van der Waals surface area contributed by atoms with E-state index >= 15 is 0 Å². The lowest BCUT2D eigenvalue weighted by Crippen LogP contribution is -2.43. The minimum atomic E-state index is -0.175. The second kappa shape index (κ2) is 6.54. The highest BCUT2D eigenvalue weighted by molar-refractivity contribution is 5.92. The van der Waals surface area contributed by atoms with Crippen molar-refractivity contribution in [3.63, 3.8) is 0 Å². The van der Waals surface area contributed by atoms with Gasteiger partial charge in [-0.25, -0.2) is 0 Å². The minimum absolute atomic E-state index is 0.175. The Kier molecular flexibility index (Phi) is 5.34. The van der Waals surface area contributed by atoms with E-state index in [-0.39, 0.29) is 5.91 Å². The van der Waals surface area contributed by atoms with Crippen molar-refractivity contribution in [2.75, 3.05) is 20.6 Å². The molecule has 0 saturated carbocycles. The Bertz CT molecular complexity index is 377. The highest BCUT2D eigenvalue weighted by Crippen LogP contribution is 2.07. The summed E-state index contributed by atoms with van der Waals surface area (Å²) in [5.74, 6) is 1.03. The fourth-order valence-corrected chi connectivity index (χ4v) is 1.89. The van der Waals surface area contributed by atoms with Gasteiger partial charge in [0, 0.05) is 25.1 Å². The normalized spacial score (nSPS) is 13.1. The molecule has 18 heavy (non-hydrogen) atoms. The molecule has 1 atom stereocenters. The quantitative estimate of drug-likeness (QED) is 0.835. The number of carbonyl (C=O) groups excluding carboxylic acids is 1. The summed E-state index contributed by atoms with van der Waals surface area (Å²) in [6.07, 6.45) is 0.743. The maximum absolute atomic E-state index is 11.9. The van der Waals surface area contributed by atoms with Gasteiger partial charge in [0.15, 0.2) is 5.69 Å².